The van der Waals surface area contributed by atoms with E-state index in [4.69, 9.17) is 9.47 Å². The fraction of sp³-hybridized carbons (Fsp3) is 0.926. The van der Waals surface area contributed by atoms with Gasteiger partial charge in [-0.3, -0.25) is 29.0 Å². The topological polar surface area (TPSA) is 198 Å². The molecule has 0 aliphatic carbocycles. The van der Waals surface area contributed by atoms with E-state index in [2.05, 4.69) is 38.3 Å². The second kappa shape index (κ2) is 43.4. The molecule has 2 amide bonds. The number of aliphatic hydroxyl groups is 4. The van der Waals surface area contributed by atoms with Gasteiger partial charge in [0.05, 0.1) is 24.4 Å². The number of amides is 2. The van der Waals surface area contributed by atoms with E-state index in [-0.39, 0.29) is 38.9 Å². The monoisotopic (exact) mass is 969 g/mol. The SMILES string of the molecule is CCCCCCCCC(O)CN(CCOC(=O)CCC1NC(=O)C(CCC(=O)OCCN(CC(O)CCCCCCCC)CC(O)CCCCCCCC)NC1=O)CC(O)CCCCCCCC. The van der Waals surface area contributed by atoms with E-state index in [1.165, 1.54) is 103 Å². The Labute approximate surface area is 414 Å². The van der Waals surface area contributed by atoms with Crippen molar-refractivity contribution < 1.29 is 49.1 Å². The van der Waals surface area contributed by atoms with Crippen LogP contribution >= 0.6 is 0 Å². The molecule has 1 rings (SSSR count). The fourth-order valence-corrected chi connectivity index (χ4v) is 9.04. The maximum Gasteiger partial charge on any atom is 0.305 e. The second-order valence-electron chi connectivity index (χ2n) is 20.0. The van der Waals surface area contributed by atoms with Crippen LogP contribution in [0.25, 0.3) is 0 Å². The number of rotatable bonds is 48. The lowest BCUT2D eigenvalue weighted by molar-refractivity contribution is -0.147. The Morgan fingerprint density at radius 3 is 0.956 bits per heavy atom. The number of piperazine rings is 1. The average molecular weight is 969 g/mol. The highest BCUT2D eigenvalue weighted by Gasteiger charge is 2.34. The van der Waals surface area contributed by atoms with Crippen LogP contribution in [-0.2, 0) is 28.7 Å². The molecule has 1 aliphatic rings. The Kier molecular flexibility index (Phi) is 40.7. The molecule has 14 heteroatoms. The number of carbonyl (C=O) groups is 4. The summed E-state index contributed by atoms with van der Waals surface area (Å²) in [5.41, 5.74) is 0. The van der Waals surface area contributed by atoms with Gasteiger partial charge in [-0.05, 0) is 38.5 Å². The Hall–Kier alpha value is -2.36. The number of nitrogens with one attached hydrogen (secondary N) is 2. The highest BCUT2D eigenvalue weighted by Crippen LogP contribution is 2.16. The summed E-state index contributed by atoms with van der Waals surface area (Å²) < 4.78 is 11.0. The van der Waals surface area contributed by atoms with Crippen LogP contribution in [0.5, 0.6) is 0 Å². The van der Waals surface area contributed by atoms with Crippen LogP contribution in [0.15, 0.2) is 0 Å². The molecule has 0 aromatic carbocycles. The zero-order valence-corrected chi connectivity index (χ0v) is 43.9. The minimum atomic E-state index is -0.914. The van der Waals surface area contributed by atoms with Crippen molar-refractivity contribution in [1.29, 1.82) is 0 Å². The maximum atomic E-state index is 13.0. The van der Waals surface area contributed by atoms with Crippen LogP contribution in [-0.4, -0.2) is 143 Å². The van der Waals surface area contributed by atoms with Crippen molar-refractivity contribution in [2.45, 2.75) is 270 Å². The smallest absolute Gasteiger partial charge is 0.305 e. The first-order valence-electron chi connectivity index (χ1n) is 28.0. The summed E-state index contributed by atoms with van der Waals surface area (Å²) in [5, 5.41) is 48.7. The summed E-state index contributed by atoms with van der Waals surface area (Å²) in [6, 6.07) is -1.83. The molecule has 1 saturated heterocycles. The Balaban J connectivity index is 2.55. The standard InChI is InChI=1S/C54H104N4O10/c1-5-9-13-17-21-25-29-45(59)41-57(42-46(60)30-26-22-18-14-10-6-2)37-39-67-51(63)35-33-49-53(65)56-50(54(66)55-49)34-36-52(64)68-40-38-58(43-47(61)31-27-23-19-15-11-7-3)44-48(62)32-28-24-20-16-12-8-4/h45-50,59-62H,5-44H2,1-4H3,(H,55,66)(H,56,65). The molecule has 0 radical (unpaired) electrons. The van der Waals surface area contributed by atoms with Crippen LogP contribution in [0, 0.1) is 0 Å². The molecule has 0 saturated carbocycles. The van der Waals surface area contributed by atoms with Crippen LogP contribution in [0.3, 0.4) is 0 Å². The summed E-state index contributed by atoms with van der Waals surface area (Å²) in [5.74, 6) is -1.88. The number of hydrogen-bond donors (Lipinski definition) is 6. The van der Waals surface area contributed by atoms with Gasteiger partial charge in [0.1, 0.15) is 25.3 Å². The number of aliphatic hydroxyl groups excluding tert-OH is 4. The van der Waals surface area contributed by atoms with Crippen LogP contribution in [0.1, 0.15) is 233 Å². The summed E-state index contributed by atoms with van der Waals surface area (Å²) in [6.07, 6.45) is 27.9. The number of ether oxygens (including phenoxy) is 2. The Morgan fingerprint density at radius 1 is 0.441 bits per heavy atom. The van der Waals surface area contributed by atoms with Gasteiger partial charge in [0, 0.05) is 52.1 Å². The minimum Gasteiger partial charge on any atom is -0.464 e. The average Bonchev–Trinajstić information content (AvgIpc) is 3.30. The number of nitrogens with zero attached hydrogens (tertiary/aromatic N) is 2. The molecule has 68 heavy (non-hydrogen) atoms. The van der Waals surface area contributed by atoms with E-state index in [9.17, 15) is 39.6 Å². The van der Waals surface area contributed by atoms with Crippen LogP contribution in [0.2, 0.25) is 0 Å². The summed E-state index contributed by atoms with van der Waals surface area (Å²) in [4.78, 5) is 55.5. The molecule has 1 fully saturated rings. The van der Waals surface area contributed by atoms with Crippen LogP contribution < -0.4 is 10.6 Å². The fourth-order valence-electron chi connectivity index (χ4n) is 9.04. The van der Waals surface area contributed by atoms with Crippen molar-refractivity contribution in [3.63, 3.8) is 0 Å². The molecule has 0 spiro atoms. The molecule has 400 valence electrons. The lowest BCUT2D eigenvalue weighted by Crippen LogP contribution is -2.61. The molecule has 0 aromatic rings. The van der Waals surface area contributed by atoms with Crippen molar-refractivity contribution in [3.8, 4) is 0 Å². The maximum absolute atomic E-state index is 13.0. The van der Waals surface area contributed by atoms with Crippen LogP contribution in [0.4, 0.5) is 0 Å². The second-order valence-corrected chi connectivity index (χ2v) is 20.0. The van der Waals surface area contributed by atoms with Crippen molar-refractivity contribution in [2.75, 3.05) is 52.5 Å². The third-order valence-electron chi connectivity index (χ3n) is 13.3. The molecule has 0 bridgehead atoms. The summed E-state index contributed by atoms with van der Waals surface area (Å²) in [7, 11) is 0. The summed E-state index contributed by atoms with van der Waals surface area (Å²) >= 11 is 0. The van der Waals surface area contributed by atoms with E-state index >= 15 is 0 Å². The van der Waals surface area contributed by atoms with E-state index in [1.54, 1.807) is 0 Å². The van der Waals surface area contributed by atoms with Gasteiger partial charge in [-0.2, -0.15) is 0 Å². The van der Waals surface area contributed by atoms with E-state index < -0.39 is 60.3 Å². The van der Waals surface area contributed by atoms with Crippen molar-refractivity contribution in [3.05, 3.63) is 0 Å². The van der Waals surface area contributed by atoms with Gasteiger partial charge in [-0.15, -0.1) is 0 Å². The number of carbonyl (C=O) groups excluding carboxylic acids is 4. The predicted octanol–water partition coefficient (Wildman–Crippen LogP) is 8.67. The van der Waals surface area contributed by atoms with Gasteiger partial charge in [0.15, 0.2) is 0 Å². The van der Waals surface area contributed by atoms with Gasteiger partial charge in [-0.25, -0.2) is 0 Å². The first kappa shape index (κ1) is 63.7. The van der Waals surface area contributed by atoms with E-state index in [1.807, 2.05) is 9.80 Å². The quantitative estimate of drug-likeness (QED) is 0.0251. The van der Waals surface area contributed by atoms with Gasteiger partial charge in [0.25, 0.3) is 0 Å². The Bertz CT molecular complexity index is 1110. The zero-order chi connectivity index (χ0) is 50.0. The number of esters is 2. The molecule has 14 nitrogen and oxygen atoms in total. The van der Waals surface area contributed by atoms with Crippen molar-refractivity contribution in [1.82, 2.24) is 20.4 Å². The molecule has 6 N–H and O–H groups in total. The lowest BCUT2D eigenvalue weighted by Gasteiger charge is -2.29. The first-order valence-corrected chi connectivity index (χ1v) is 28.0. The Morgan fingerprint density at radius 2 is 0.691 bits per heavy atom. The molecule has 1 aliphatic heterocycles. The third kappa shape index (κ3) is 35.7. The van der Waals surface area contributed by atoms with Gasteiger partial charge >= 0.3 is 11.9 Å². The lowest BCUT2D eigenvalue weighted by atomic mass is 10.0. The highest BCUT2D eigenvalue weighted by molar-refractivity contribution is 5.97. The first-order chi connectivity index (χ1) is 32.9. The largest absolute Gasteiger partial charge is 0.464 e. The normalized spacial score (nSPS) is 17.0. The zero-order valence-electron chi connectivity index (χ0n) is 43.9. The highest BCUT2D eigenvalue weighted by atomic mass is 16.5. The number of hydrogen-bond acceptors (Lipinski definition) is 12. The molecule has 0 aromatic heterocycles. The number of unbranched alkanes of at least 4 members (excludes halogenated alkanes) is 20. The van der Waals surface area contributed by atoms with Crippen molar-refractivity contribution >= 4 is 23.8 Å². The summed E-state index contributed by atoms with van der Waals surface area (Å²) in [6.45, 7) is 11.2. The third-order valence-corrected chi connectivity index (χ3v) is 13.3. The van der Waals surface area contributed by atoms with Gasteiger partial charge < -0.3 is 40.5 Å². The molecule has 6 atom stereocenters. The van der Waals surface area contributed by atoms with Gasteiger partial charge in [-0.1, -0.05) is 182 Å². The van der Waals surface area contributed by atoms with Gasteiger partial charge in [0.2, 0.25) is 11.8 Å². The minimum absolute atomic E-state index is 0.0562. The van der Waals surface area contributed by atoms with Crippen molar-refractivity contribution in [2.24, 2.45) is 0 Å². The molecule has 1 heterocycles. The van der Waals surface area contributed by atoms with E-state index in [0.717, 1.165) is 51.4 Å². The molecular formula is C54H104N4O10. The van der Waals surface area contributed by atoms with E-state index in [0.29, 0.717) is 65.0 Å². The molecular weight excluding hydrogens is 865 g/mol. The predicted molar refractivity (Wildman–Crippen MR) is 273 cm³/mol. The molecule has 6 unspecified atom stereocenters.